The van der Waals surface area contributed by atoms with Crippen molar-refractivity contribution < 1.29 is 0 Å². The van der Waals surface area contributed by atoms with Crippen LogP contribution in [0, 0.1) is 19.3 Å². The van der Waals surface area contributed by atoms with Crippen LogP contribution in [-0.4, -0.2) is 3.42 Å². The molecule has 2 rings (SSSR count). The van der Waals surface area contributed by atoms with Gasteiger partial charge in [0, 0.05) is 3.42 Å². The number of aryl methyl sites for hydroxylation is 4. The summed E-state index contributed by atoms with van der Waals surface area (Å²) >= 11 is 2.69. The Hall–Kier alpha value is -0.0500. The van der Waals surface area contributed by atoms with E-state index in [4.69, 9.17) is 0 Å². The number of hydrogen-bond donors (Lipinski definition) is 0. The van der Waals surface area contributed by atoms with Crippen molar-refractivity contribution in [2.24, 2.45) is 5.41 Å². The molecule has 1 heteroatoms. The molecule has 0 N–H and O–H groups in total. The van der Waals surface area contributed by atoms with E-state index in [0.717, 1.165) is 0 Å². The fourth-order valence-corrected chi connectivity index (χ4v) is 4.72. The molecule has 1 aliphatic carbocycles. The van der Waals surface area contributed by atoms with Gasteiger partial charge in [0.2, 0.25) is 0 Å². The minimum Gasteiger partial charge on any atom is -0.0789 e. The lowest BCUT2D eigenvalue weighted by Gasteiger charge is -2.22. The first-order valence-electron chi connectivity index (χ1n) is 11.5. The van der Waals surface area contributed by atoms with E-state index in [-0.39, 0.29) is 0 Å². The van der Waals surface area contributed by atoms with E-state index in [9.17, 15) is 0 Å². The Kier molecular flexibility index (Phi) is 9.16. The van der Waals surface area contributed by atoms with E-state index >= 15 is 0 Å². The van der Waals surface area contributed by atoms with Gasteiger partial charge in [0.25, 0.3) is 0 Å². The molecule has 154 valence electrons. The van der Waals surface area contributed by atoms with Gasteiger partial charge in [-0.05, 0) is 92.9 Å². The van der Waals surface area contributed by atoms with Crippen molar-refractivity contribution in [2.75, 3.05) is 0 Å². The topological polar surface area (TPSA) is 0 Å². The second kappa shape index (κ2) is 10.6. The van der Waals surface area contributed by atoms with E-state index in [1.807, 2.05) is 0 Å². The van der Waals surface area contributed by atoms with E-state index in [2.05, 4.69) is 69.3 Å². The summed E-state index contributed by atoms with van der Waals surface area (Å²) in [6.07, 6.45) is 17.9. The maximum absolute atomic E-state index is 2.69. The molecule has 0 saturated heterocycles. The van der Waals surface area contributed by atoms with Crippen molar-refractivity contribution in [1.29, 1.82) is 0 Å². The Morgan fingerprint density at radius 3 is 1.85 bits per heavy atom. The second-order valence-electron chi connectivity index (χ2n) is 10.00. The third kappa shape index (κ3) is 8.46. The molecule has 0 amide bonds. The summed E-state index contributed by atoms with van der Waals surface area (Å²) < 4.78 is 0.707. The Bertz CT molecular complexity index is 580. The van der Waals surface area contributed by atoms with Crippen LogP contribution in [0.15, 0.2) is 12.1 Å². The molecule has 0 radical (unpaired) electrons. The van der Waals surface area contributed by atoms with Gasteiger partial charge in [-0.3, -0.25) is 0 Å². The van der Waals surface area contributed by atoms with Gasteiger partial charge in [0.05, 0.1) is 0 Å². The number of benzene rings is 1. The lowest BCUT2D eigenvalue weighted by Crippen LogP contribution is -2.08. The molecule has 0 atom stereocenters. The molecule has 0 aromatic heterocycles. The quantitative estimate of drug-likeness (QED) is 0.150. The maximum atomic E-state index is 2.69. The van der Waals surface area contributed by atoms with Crippen molar-refractivity contribution in [3.63, 3.8) is 0 Å². The summed E-state index contributed by atoms with van der Waals surface area (Å²) in [5.74, 6) is 0. The van der Waals surface area contributed by atoms with Crippen LogP contribution >= 0.6 is 22.6 Å². The van der Waals surface area contributed by atoms with E-state index in [1.54, 1.807) is 11.1 Å². The molecule has 1 saturated carbocycles. The highest BCUT2D eigenvalue weighted by atomic mass is 127. The van der Waals surface area contributed by atoms with Gasteiger partial charge in [-0.1, -0.05) is 87.6 Å². The standard InChI is InChI=1S/C26H43I/c1-6-25(4,5)15-11-7-9-13-23-19-22(3)24(20-21(23)2)14-10-8-12-16-26(27)17-18-26/h19-20H,6-18H2,1-5H3. The Labute approximate surface area is 183 Å². The molecule has 0 bridgehead atoms. The lowest BCUT2D eigenvalue weighted by molar-refractivity contribution is 0.308. The number of hydrogen-bond acceptors (Lipinski definition) is 0. The largest absolute Gasteiger partial charge is 0.0789 e. The summed E-state index contributed by atoms with van der Waals surface area (Å²) in [6.45, 7) is 11.8. The molecule has 1 aliphatic rings. The molecule has 0 unspecified atom stereocenters. The minimum absolute atomic E-state index is 0.532. The lowest BCUT2D eigenvalue weighted by atomic mass is 9.84. The van der Waals surface area contributed by atoms with Crippen LogP contribution in [0.25, 0.3) is 0 Å². The van der Waals surface area contributed by atoms with Crippen molar-refractivity contribution in [1.82, 2.24) is 0 Å². The van der Waals surface area contributed by atoms with Gasteiger partial charge in [0.15, 0.2) is 0 Å². The first-order valence-corrected chi connectivity index (χ1v) is 12.6. The minimum atomic E-state index is 0.532. The third-order valence-corrected chi connectivity index (χ3v) is 8.53. The first kappa shape index (κ1) is 23.2. The summed E-state index contributed by atoms with van der Waals surface area (Å²) in [5, 5.41) is 0. The SMILES string of the molecule is CCC(C)(C)CCCCCc1cc(C)c(CCCCCC2(I)CC2)cc1C. The van der Waals surface area contributed by atoms with Gasteiger partial charge >= 0.3 is 0 Å². The van der Waals surface area contributed by atoms with Crippen LogP contribution in [-0.2, 0) is 12.8 Å². The molecular formula is C26H43I. The fourth-order valence-electron chi connectivity index (χ4n) is 4.07. The highest BCUT2D eigenvalue weighted by molar-refractivity contribution is 14.1. The summed E-state index contributed by atoms with van der Waals surface area (Å²) in [6, 6.07) is 4.98. The number of rotatable bonds is 13. The zero-order chi connectivity index (χ0) is 19.9. The Balaban J connectivity index is 1.69. The predicted molar refractivity (Wildman–Crippen MR) is 130 cm³/mol. The van der Waals surface area contributed by atoms with Crippen molar-refractivity contribution in [3.05, 3.63) is 34.4 Å². The molecule has 0 aliphatic heterocycles. The fraction of sp³-hybridized carbons (Fsp3) is 0.769. The Morgan fingerprint density at radius 1 is 0.852 bits per heavy atom. The van der Waals surface area contributed by atoms with Gasteiger partial charge in [-0.15, -0.1) is 0 Å². The molecule has 1 fully saturated rings. The molecule has 0 nitrogen and oxygen atoms in total. The van der Waals surface area contributed by atoms with Crippen molar-refractivity contribution in [2.45, 2.75) is 122 Å². The number of alkyl halides is 1. The monoisotopic (exact) mass is 482 g/mol. The van der Waals surface area contributed by atoms with Crippen LogP contribution in [0.4, 0.5) is 0 Å². The molecular weight excluding hydrogens is 439 g/mol. The Morgan fingerprint density at radius 2 is 1.37 bits per heavy atom. The molecule has 1 aromatic carbocycles. The normalized spacial score (nSPS) is 15.9. The molecule has 0 spiro atoms. The summed E-state index contributed by atoms with van der Waals surface area (Å²) in [4.78, 5) is 0. The van der Waals surface area contributed by atoms with E-state index in [0.29, 0.717) is 8.84 Å². The number of unbranched alkanes of at least 4 members (excludes halogenated alkanes) is 4. The van der Waals surface area contributed by atoms with Crippen LogP contribution in [0.1, 0.15) is 114 Å². The maximum Gasteiger partial charge on any atom is 0.0223 e. The van der Waals surface area contributed by atoms with E-state index in [1.165, 1.54) is 94.6 Å². The first-order chi connectivity index (χ1) is 12.7. The average Bonchev–Trinajstić information content (AvgIpc) is 3.35. The third-order valence-electron chi connectivity index (χ3n) is 6.91. The highest BCUT2D eigenvalue weighted by Gasteiger charge is 2.38. The van der Waals surface area contributed by atoms with Crippen LogP contribution in [0.5, 0.6) is 0 Å². The van der Waals surface area contributed by atoms with Gasteiger partial charge < -0.3 is 0 Å². The van der Waals surface area contributed by atoms with Crippen LogP contribution < -0.4 is 0 Å². The smallest absolute Gasteiger partial charge is 0.0223 e. The van der Waals surface area contributed by atoms with Gasteiger partial charge in [0.1, 0.15) is 0 Å². The van der Waals surface area contributed by atoms with Gasteiger partial charge in [-0.25, -0.2) is 0 Å². The molecule has 0 heterocycles. The van der Waals surface area contributed by atoms with Crippen LogP contribution in [0.2, 0.25) is 0 Å². The second-order valence-corrected chi connectivity index (χ2v) is 12.3. The van der Waals surface area contributed by atoms with Crippen molar-refractivity contribution >= 4 is 22.6 Å². The highest BCUT2D eigenvalue weighted by Crippen LogP contribution is 2.49. The zero-order valence-corrected chi connectivity index (χ0v) is 20.9. The summed E-state index contributed by atoms with van der Waals surface area (Å²) in [7, 11) is 0. The zero-order valence-electron chi connectivity index (χ0n) is 18.7. The van der Waals surface area contributed by atoms with E-state index < -0.39 is 0 Å². The predicted octanol–water partition coefficient (Wildman–Crippen LogP) is 8.91. The molecule has 1 aromatic rings. The number of halogens is 1. The summed E-state index contributed by atoms with van der Waals surface area (Å²) in [5.41, 5.74) is 6.76. The van der Waals surface area contributed by atoms with Crippen molar-refractivity contribution in [3.8, 4) is 0 Å². The molecule has 27 heavy (non-hydrogen) atoms. The van der Waals surface area contributed by atoms with Crippen LogP contribution in [0.3, 0.4) is 0 Å². The average molecular weight is 483 g/mol. The van der Waals surface area contributed by atoms with Gasteiger partial charge in [-0.2, -0.15) is 0 Å².